The van der Waals surface area contributed by atoms with Crippen molar-refractivity contribution in [2.24, 2.45) is 11.7 Å². The minimum atomic E-state index is -4.17. The maximum atomic E-state index is 12.7. The van der Waals surface area contributed by atoms with Gasteiger partial charge in [-0.25, -0.2) is 0 Å². The van der Waals surface area contributed by atoms with Gasteiger partial charge in [-0.2, -0.15) is 13.2 Å². The molecule has 2 atom stereocenters. The molecule has 1 rings (SSSR count). The lowest BCUT2D eigenvalue weighted by atomic mass is 10.1. The Morgan fingerprint density at radius 3 is 2.27 bits per heavy atom. The predicted octanol–water partition coefficient (Wildman–Crippen LogP) is 2.00. The second-order valence-electron chi connectivity index (χ2n) is 4.38. The van der Waals surface area contributed by atoms with E-state index in [1.165, 1.54) is 4.90 Å². The summed E-state index contributed by atoms with van der Waals surface area (Å²) >= 11 is 0. The Morgan fingerprint density at radius 1 is 1.40 bits per heavy atom. The van der Waals surface area contributed by atoms with Crippen LogP contribution in [0.15, 0.2) is 0 Å². The number of nitrogens with zero attached hydrogens (tertiary/aromatic N) is 1. The Labute approximate surface area is 88.6 Å². The van der Waals surface area contributed by atoms with Gasteiger partial charge in [-0.15, -0.1) is 0 Å². The van der Waals surface area contributed by atoms with Crippen LogP contribution in [0.1, 0.15) is 26.2 Å². The zero-order valence-corrected chi connectivity index (χ0v) is 9.22. The number of hydrogen-bond donors (Lipinski definition) is 1. The molecule has 2 N–H and O–H groups in total. The first-order chi connectivity index (χ1) is 6.88. The summed E-state index contributed by atoms with van der Waals surface area (Å²) in [5.74, 6) is 0.442. The second kappa shape index (κ2) is 4.70. The SMILES string of the molecule is CC(C1CC1)N(C)C(CCN)C(F)(F)F. The molecular formula is C10H19F3N2. The standard InChI is InChI=1S/C10H19F3N2/c1-7(8-3-4-8)15(2)9(5-6-14)10(11,12)13/h7-9H,3-6,14H2,1-2H3. The van der Waals surface area contributed by atoms with Crippen molar-refractivity contribution >= 4 is 0 Å². The average Bonchev–Trinajstić information content (AvgIpc) is 2.93. The van der Waals surface area contributed by atoms with Gasteiger partial charge in [0.15, 0.2) is 0 Å². The number of alkyl halides is 3. The van der Waals surface area contributed by atoms with Crippen molar-refractivity contribution < 1.29 is 13.2 Å². The molecule has 0 saturated heterocycles. The van der Waals surface area contributed by atoms with Gasteiger partial charge in [-0.3, -0.25) is 4.90 Å². The maximum Gasteiger partial charge on any atom is 0.404 e. The van der Waals surface area contributed by atoms with Crippen LogP contribution in [-0.2, 0) is 0 Å². The third-order valence-corrected chi connectivity index (χ3v) is 3.26. The molecule has 0 aliphatic heterocycles. The van der Waals surface area contributed by atoms with Gasteiger partial charge in [0, 0.05) is 6.04 Å². The van der Waals surface area contributed by atoms with Gasteiger partial charge < -0.3 is 5.73 Å². The lowest BCUT2D eigenvalue weighted by Crippen LogP contribution is -2.49. The highest BCUT2D eigenvalue weighted by molar-refractivity contribution is 4.89. The summed E-state index contributed by atoms with van der Waals surface area (Å²) in [6.07, 6.45) is -2.08. The Kier molecular flexibility index (Phi) is 4.00. The van der Waals surface area contributed by atoms with Crippen LogP contribution in [0.25, 0.3) is 0 Å². The number of nitrogens with two attached hydrogens (primary N) is 1. The topological polar surface area (TPSA) is 29.3 Å². The molecule has 0 radical (unpaired) electrons. The summed E-state index contributed by atoms with van der Waals surface area (Å²) < 4.78 is 38.1. The fourth-order valence-electron chi connectivity index (χ4n) is 1.95. The van der Waals surface area contributed by atoms with Crippen LogP contribution in [0.4, 0.5) is 13.2 Å². The molecule has 1 aliphatic rings. The Hall–Kier alpha value is -0.290. The van der Waals surface area contributed by atoms with Gasteiger partial charge in [0.1, 0.15) is 6.04 Å². The molecule has 90 valence electrons. The minimum absolute atomic E-state index is 0.00294. The van der Waals surface area contributed by atoms with Crippen molar-refractivity contribution in [1.82, 2.24) is 4.90 Å². The minimum Gasteiger partial charge on any atom is -0.330 e. The second-order valence-corrected chi connectivity index (χ2v) is 4.38. The first-order valence-electron chi connectivity index (χ1n) is 5.36. The molecular weight excluding hydrogens is 205 g/mol. The van der Waals surface area contributed by atoms with Crippen molar-refractivity contribution in [3.63, 3.8) is 0 Å². The van der Waals surface area contributed by atoms with Crippen molar-refractivity contribution in [2.45, 2.75) is 44.4 Å². The quantitative estimate of drug-likeness (QED) is 0.774. The molecule has 1 fully saturated rings. The molecule has 1 saturated carbocycles. The molecule has 0 heterocycles. The van der Waals surface area contributed by atoms with E-state index in [1.54, 1.807) is 7.05 Å². The van der Waals surface area contributed by atoms with Gasteiger partial charge in [0.2, 0.25) is 0 Å². The van der Waals surface area contributed by atoms with E-state index < -0.39 is 12.2 Å². The third-order valence-electron chi connectivity index (χ3n) is 3.26. The van der Waals surface area contributed by atoms with E-state index in [0.29, 0.717) is 5.92 Å². The van der Waals surface area contributed by atoms with Crippen LogP contribution in [0.3, 0.4) is 0 Å². The van der Waals surface area contributed by atoms with Crippen LogP contribution in [-0.4, -0.2) is 36.8 Å². The van der Waals surface area contributed by atoms with Crippen molar-refractivity contribution in [3.05, 3.63) is 0 Å². The Balaban J connectivity index is 2.61. The van der Waals surface area contributed by atoms with Crippen LogP contribution < -0.4 is 5.73 Å². The number of hydrogen-bond acceptors (Lipinski definition) is 2. The highest BCUT2D eigenvalue weighted by Gasteiger charge is 2.45. The lowest BCUT2D eigenvalue weighted by Gasteiger charge is -2.34. The summed E-state index contributed by atoms with van der Waals surface area (Å²) in [7, 11) is 1.55. The van der Waals surface area contributed by atoms with Crippen LogP contribution in [0, 0.1) is 5.92 Å². The van der Waals surface area contributed by atoms with Crippen molar-refractivity contribution in [3.8, 4) is 0 Å². The monoisotopic (exact) mass is 224 g/mol. The maximum absolute atomic E-state index is 12.7. The smallest absolute Gasteiger partial charge is 0.330 e. The van der Waals surface area contributed by atoms with Gasteiger partial charge in [0.25, 0.3) is 0 Å². The fraction of sp³-hybridized carbons (Fsp3) is 1.00. The highest BCUT2D eigenvalue weighted by atomic mass is 19.4. The Bertz CT molecular complexity index is 201. The fourth-order valence-corrected chi connectivity index (χ4v) is 1.95. The van der Waals surface area contributed by atoms with Gasteiger partial charge >= 0.3 is 6.18 Å². The van der Waals surface area contributed by atoms with Crippen molar-refractivity contribution in [2.75, 3.05) is 13.6 Å². The first-order valence-corrected chi connectivity index (χ1v) is 5.36. The summed E-state index contributed by atoms with van der Waals surface area (Å²) in [5.41, 5.74) is 5.23. The zero-order chi connectivity index (χ0) is 11.6. The summed E-state index contributed by atoms with van der Waals surface area (Å²) in [6, 6.07) is -1.39. The van der Waals surface area contributed by atoms with E-state index >= 15 is 0 Å². The molecule has 2 unspecified atom stereocenters. The number of rotatable bonds is 5. The number of halogens is 3. The summed E-state index contributed by atoms with van der Waals surface area (Å²) in [5, 5.41) is 0. The molecule has 2 nitrogen and oxygen atoms in total. The summed E-state index contributed by atoms with van der Waals surface area (Å²) in [6.45, 7) is 1.94. The molecule has 5 heteroatoms. The average molecular weight is 224 g/mol. The highest BCUT2D eigenvalue weighted by Crippen LogP contribution is 2.37. The molecule has 0 amide bonds. The van der Waals surface area contributed by atoms with E-state index in [-0.39, 0.29) is 19.0 Å². The molecule has 0 aromatic rings. The third kappa shape index (κ3) is 3.34. The normalized spacial score (nSPS) is 21.8. The summed E-state index contributed by atoms with van der Waals surface area (Å²) in [4.78, 5) is 1.44. The van der Waals surface area contributed by atoms with Gasteiger partial charge in [0.05, 0.1) is 0 Å². The molecule has 0 spiro atoms. The molecule has 0 bridgehead atoms. The first kappa shape index (κ1) is 12.8. The lowest BCUT2D eigenvalue weighted by molar-refractivity contribution is -0.187. The van der Waals surface area contributed by atoms with E-state index in [1.807, 2.05) is 6.92 Å². The Morgan fingerprint density at radius 2 is 1.93 bits per heavy atom. The molecule has 15 heavy (non-hydrogen) atoms. The van der Waals surface area contributed by atoms with E-state index in [9.17, 15) is 13.2 Å². The molecule has 1 aliphatic carbocycles. The van der Waals surface area contributed by atoms with E-state index in [2.05, 4.69) is 0 Å². The van der Waals surface area contributed by atoms with Crippen LogP contribution >= 0.6 is 0 Å². The predicted molar refractivity (Wildman–Crippen MR) is 53.5 cm³/mol. The van der Waals surface area contributed by atoms with Crippen LogP contribution in [0.2, 0.25) is 0 Å². The van der Waals surface area contributed by atoms with Gasteiger partial charge in [-0.1, -0.05) is 0 Å². The van der Waals surface area contributed by atoms with Gasteiger partial charge in [-0.05, 0) is 45.7 Å². The molecule has 0 aromatic heterocycles. The van der Waals surface area contributed by atoms with E-state index in [4.69, 9.17) is 5.73 Å². The van der Waals surface area contributed by atoms with Crippen LogP contribution in [0.5, 0.6) is 0 Å². The molecule has 0 aromatic carbocycles. The zero-order valence-electron chi connectivity index (χ0n) is 9.22. The largest absolute Gasteiger partial charge is 0.404 e. The van der Waals surface area contributed by atoms with Crippen molar-refractivity contribution in [1.29, 1.82) is 0 Å². The van der Waals surface area contributed by atoms with E-state index in [0.717, 1.165) is 12.8 Å².